The highest BCUT2D eigenvalue weighted by atomic mass is 16.5. The van der Waals surface area contributed by atoms with Crippen molar-refractivity contribution in [2.45, 2.75) is 0 Å². The Morgan fingerprint density at radius 1 is 1.00 bits per heavy atom. The molecule has 0 atom stereocenters. The van der Waals surface area contributed by atoms with E-state index in [0.717, 1.165) is 16.9 Å². The maximum Gasteiger partial charge on any atom is 0.126 e. The van der Waals surface area contributed by atoms with Gasteiger partial charge in [0.05, 0.1) is 7.11 Å². The summed E-state index contributed by atoms with van der Waals surface area (Å²) in [6, 6.07) is 19.0. The van der Waals surface area contributed by atoms with Gasteiger partial charge in [0.1, 0.15) is 5.75 Å². The Labute approximate surface area is 84.0 Å². The van der Waals surface area contributed by atoms with E-state index in [0.29, 0.717) is 0 Å². The van der Waals surface area contributed by atoms with Crippen LogP contribution in [0.2, 0.25) is 0 Å². The van der Waals surface area contributed by atoms with E-state index in [2.05, 4.69) is 6.07 Å². The summed E-state index contributed by atoms with van der Waals surface area (Å²) in [5.74, 6) is 0.884. The summed E-state index contributed by atoms with van der Waals surface area (Å²) in [6.45, 7) is 0. The number of hydrogen-bond acceptors (Lipinski definition) is 1. The lowest BCUT2D eigenvalue weighted by molar-refractivity contribution is 0.416. The molecule has 0 unspecified atom stereocenters. The lowest BCUT2D eigenvalue weighted by Crippen LogP contribution is -1.86. The molecule has 0 aliphatic rings. The topological polar surface area (TPSA) is 9.23 Å². The Morgan fingerprint density at radius 2 is 1.79 bits per heavy atom. The predicted octanol–water partition coefficient (Wildman–Crippen LogP) is 3.16. The molecular weight excluding hydrogens is 172 g/mol. The molecule has 69 valence electrons. The van der Waals surface area contributed by atoms with E-state index in [-0.39, 0.29) is 0 Å². The molecule has 0 aliphatic carbocycles. The highest BCUT2D eigenvalue weighted by Gasteiger charge is 2.02. The first kappa shape index (κ1) is 8.82. The quantitative estimate of drug-likeness (QED) is 0.694. The number of benzene rings is 2. The lowest BCUT2D eigenvalue weighted by Gasteiger charge is -2.07. The highest BCUT2D eigenvalue weighted by molar-refractivity contribution is 5.69. The molecule has 2 rings (SSSR count). The van der Waals surface area contributed by atoms with Crippen LogP contribution in [0.5, 0.6) is 5.75 Å². The fraction of sp³-hybridized carbons (Fsp3) is 0.0769. The molecule has 0 aromatic heterocycles. The Morgan fingerprint density at radius 3 is 2.50 bits per heavy atom. The van der Waals surface area contributed by atoms with Crippen molar-refractivity contribution in [1.29, 1.82) is 0 Å². The average molecular weight is 183 g/mol. The molecule has 0 aliphatic heterocycles. The van der Waals surface area contributed by atoms with Gasteiger partial charge in [0.15, 0.2) is 0 Å². The summed E-state index contributed by atoms with van der Waals surface area (Å²) in [6.07, 6.45) is 0. The molecule has 1 radical (unpaired) electrons. The summed E-state index contributed by atoms with van der Waals surface area (Å²) in [5, 5.41) is 0. The fourth-order valence-corrected chi connectivity index (χ4v) is 1.43. The molecule has 0 saturated heterocycles. The summed E-state index contributed by atoms with van der Waals surface area (Å²) in [7, 11) is 1.68. The van der Waals surface area contributed by atoms with Gasteiger partial charge in [-0.25, -0.2) is 0 Å². The molecule has 0 spiro atoms. The van der Waals surface area contributed by atoms with Crippen molar-refractivity contribution in [2.24, 2.45) is 0 Å². The van der Waals surface area contributed by atoms with Crippen LogP contribution in [-0.2, 0) is 0 Å². The van der Waals surface area contributed by atoms with Gasteiger partial charge in [-0.05, 0) is 17.7 Å². The number of para-hydroxylation sites is 1. The van der Waals surface area contributed by atoms with Crippen LogP contribution < -0.4 is 4.74 Å². The third-order valence-electron chi connectivity index (χ3n) is 2.11. The van der Waals surface area contributed by atoms with Crippen molar-refractivity contribution in [3.8, 4) is 16.9 Å². The average Bonchev–Trinajstić information content (AvgIpc) is 2.30. The van der Waals surface area contributed by atoms with Crippen molar-refractivity contribution in [3.63, 3.8) is 0 Å². The van der Waals surface area contributed by atoms with Crippen LogP contribution >= 0.6 is 0 Å². The van der Waals surface area contributed by atoms with Gasteiger partial charge in [-0.15, -0.1) is 0 Å². The molecular formula is C13H11O. The van der Waals surface area contributed by atoms with E-state index in [4.69, 9.17) is 4.74 Å². The molecule has 0 heterocycles. The zero-order valence-corrected chi connectivity index (χ0v) is 8.03. The Kier molecular flexibility index (Phi) is 2.50. The largest absolute Gasteiger partial charge is 0.496 e. The number of ether oxygens (including phenoxy) is 1. The molecule has 0 fully saturated rings. The van der Waals surface area contributed by atoms with E-state index >= 15 is 0 Å². The number of methoxy groups -OCH3 is 1. The van der Waals surface area contributed by atoms with Crippen LogP contribution in [0.3, 0.4) is 0 Å². The van der Waals surface area contributed by atoms with Gasteiger partial charge >= 0.3 is 0 Å². The van der Waals surface area contributed by atoms with Crippen LogP contribution in [0.4, 0.5) is 0 Å². The summed E-state index contributed by atoms with van der Waals surface area (Å²) >= 11 is 0. The second kappa shape index (κ2) is 3.97. The Balaban J connectivity index is 2.51. The SMILES string of the molecule is COc1ccccc1-c1[c]cccc1. The van der Waals surface area contributed by atoms with Crippen LogP contribution in [0.1, 0.15) is 0 Å². The third-order valence-corrected chi connectivity index (χ3v) is 2.11. The van der Waals surface area contributed by atoms with Crippen molar-refractivity contribution in [2.75, 3.05) is 7.11 Å². The second-order valence-electron chi connectivity index (χ2n) is 2.98. The van der Waals surface area contributed by atoms with Crippen molar-refractivity contribution < 1.29 is 4.74 Å². The zero-order valence-electron chi connectivity index (χ0n) is 8.03. The molecule has 0 bridgehead atoms. The van der Waals surface area contributed by atoms with Crippen molar-refractivity contribution >= 4 is 0 Å². The van der Waals surface area contributed by atoms with E-state index in [9.17, 15) is 0 Å². The van der Waals surface area contributed by atoms with Gasteiger partial charge in [0.25, 0.3) is 0 Å². The molecule has 14 heavy (non-hydrogen) atoms. The van der Waals surface area contributed by atoms with E-state index < -0.39 is 0 Å². The Bertz CT molecular complexity index is 407. The van der Waals surface area contributed by atoms with Gasteiger partial charge in [0.2, 0.25) is 0 Å². The molecule has 2 aromatic carbocycles. The predicted molar refractivity (Wildman–Crippen MR) is 57.3 cm³/mol. The minimum atomic E-state index is 0.884. The van der Waals surface area contributed by atoms with Crippen LogP contribution in [-0.4, -0.2) is 7.11 Å². The zero-order chi connectivity index (χ0) is 9.80. The number of rotatable bonds is 2. The van der Waals surface area contributed by atoms with Crippen LogP contribution in [0.15, 0.2) is 48.5 Å². The smallest absolute Gasteiger partial charge is 0.126 e. The third kappa shape index (κ3) is 1.62. The summed E-state index contributed by atoms with van der Waals surface area (Å²) < 4.78 is 5.28. The minimum absolute atomic E-state index is 0.884. The van der Waals surface area contributed by atoms with Crippen molar-refractivity contribution in [1.82, 2.24) is 0 Å². The van der Waals surface area contributed by atoms with E-state index in [1.165, 1.54) is 0 Å². The molecule has 1 nitrogen and oxygen atoms in total. The van der Waals surface area contributed by atoms with Gasteiger partial charge in [-0.3, -0.25) is 0 Å². The molecule has 0 saturated carbocycles. The van der Waals surface area contributed by atoms with Gasteiger partial charge < -0.3 is 4.74 Å². The monoisotopic (exact) mass is 183 g/mol. The standard InChI is InChI=1S/C13H11O/c1-14-13-10-6-5-9-12(13)11-7-3-2-4-8-11/h2-7,9-10H,1H3. The van der Waals surface area contributed by atoms with Gasteiger partial charge in [-0.2, -0.15) is 0 Å². The fourth-order valence-electron chi connectivity index (χ4n) is 1.43. The summed E-state index contributed by atoms with van der Waals surface area (Å²) in [5.41, 5.74) is 2.14. The van der Waals surface area contributed by atoms with Gasteiger partial charge in [-0.1, -0.05) is 42.5 Å². The first-order valence-electron chi connectivity index (χ1n) is 4.52. The van der Waals surface area contributed by atoms with Crippen molar-refractivity contribution in [3.05, 3.63) is 54.6 Å². The summed E-state index contributed by atoms with van der Waals surface area (Å²) in [4.78, 5) is 0. The highest BCUT2D eigenvalue weighted by Crippen LogP contribution is 2.28. The first-order valence-corrected chi connectivity index (χ1v) is 4.52. The molecule has 0 amide bonds. The maximum absolute atomic E-state index is 5.28. The lowest BCUT2D eigenvalue weighted by atomic mass is 10.1. The van der Waals surface area contributed by atoms with Crippen LogP contribution in [0, 0.1) is 6.07 Å². The van der Waals surface area contributed by atoms with E-state index in [1.807, 2.05) is 48.5 Å². The molecule has 1 heteroatoms. The maximum atomic E-state index is 5.28. The molecule has 0 N–H and O–H groups in total. The molecule has 2 aromatic rings. The van der Waals surface area contributed by atoms with Gasteiger partial charge in [0, 0.05) is 5.56 Å². The normalized spacial score (nSPS) is 9.79. The Hall–Kier alpha value is -1.76. The number of hydrogen-bond donors (Lipinski definition) is 0. The second-order valence-corrected chi connectivity index (χ2v) is 2.98. The minimum Gasteiger partial charge on any atom is -0.496 e. The van der Waals surface area contributed by atoms with Crippen LogP contribution in [0.25, 0.3) is 11.1 Å². The van der Waals surface area contributed by atoms with E-state index in [1.54, 1.807) is 7.11 Å². The first-order chi connectivity index (χ1) is 6.92.